The molecule has 2 unspecified atom stereocenters. The molecule has 0 fully saturated rings. The molecular formula is C16H11BrClFO4. The van der Waals surface area contributed by atoms with E-state index in [4.69, 9.17) is 21.1 Å². The van der Waals surface area contributed by atoms with Crippen molar-refractivity contribution in [3.8, 4) is 5.75 Å². The number of methoxy groups -OCH3 is 1. The van der Waals surface area contributed by atoms with Crippen LogP contribution in [0.5, 0.6) is 5.75 Å². The Morgan fingerprint density at radius 2 is 2.09 bits per heavy atom. The van der Waals surface area contributed by atoms with Crippen molar-refractivity contribution in [2.45, 2.75) is 11.7 Å². The van der Waals surface area contributed by atoms with Crippen LogP contribution in [-0.2, 0) is 15.1 Å². The van der Waals surface area contributed by atoms with E-state index >= 15 is 0 Å². The number of aliphatic hydroxyl groups excluding tert-OH is 1. The number of hydrogen-bond acceptors (Lipinski definition) is 4. The summed E-state index contributed by atoms with van der Waals surface area (Å²) in [5.41, 5.74) is -1.23. The SMILES string of the molecule is COC(=O)C1(c2ccccc2)Oc2cc(F)c(Cl)c(Br)c2C1O. The molecule has 120 valence electrons. The largest absolute Gasteiger partial charge is 0.467 e. The number of hydrogen-bond donors (Lipinski definition) is 1. The van der Waals surface area contributed by atoms with Gasteiger partial charge in [-0.1, -0.05) is 41.9 Å². The molecule has 1 aliphatic rings. The predicted octanol–water partition coefficient (Wildman–Crippen LogP) is 3.74. The van der Waals surface area contributed by atoms with Crippen LogP contribution in [0.3, 0.4) is 0 Å². The molecular weight excluding hydrogens is 391 g/mol. The summed E-state index contributed by atoms with van der Waals surface area (Å²) in [5.74, 6) is -1.49. The zero-order chi connectivity index (χ0) is 16.8. The van der Waals surface area contributed by atoms with Crippen LogP contribution in [0.1, 0.15) is 17.2 Å². The van der Waals surface area contributed by atoms with E-state index in [-0.39, 0.29) is 20.8 Å². The molecule has 0 aromatic heterocycles. The fourth-order valence-corrected chi connectivity index (χ4v) is 3.44. The Kier molecular flexibility index (Phi) is 4.08. The summed E-state index contributed by atoms with van der Waals surface area (Å²) in [7, 11) is 1.19. The first kappa shape index (κ1) is 16.2. The molecule has 0 bridgehead atoms. The number of halogens is 3. The first-order valence-corrected chi connectivity index (χ1v) is 7.79. The highest BCUT2D eigenvalue weighted by atomic mass is 79.9. The number of esters is 1. The minimum absolute atomic E-state index is 0.0283. The summed E-state index contributed by atoms with van der Waals surface area (Å²) in [4.78, 5) is 12.4. The second-order valence-electron chi connectivity index (χ2n) is 5.00. The van der Waals surface area contributed by atoms with E-state index in [1.54, 1.807) is 30.3 Å². The Balaban J connectivity index is 2.25. The van der Waals surface area contributed by atoms with Crippen molar-refractivity contribution < 1.29 is 23.8 Å². The van der Waals surface area contributed by atoms with Crippen LogP contribution in [-0.4, -0.2) is 18.2 Å². The summed E-state index contributed by atoms with van der Waals surface area (Å²) in [6.07, 6.45) is -1.42. The van der Waals surface area contributed by atoms with Gasteiger partial charge in [0.15, 0.2) is 0 Å². The third kappa shape index (κ3) is 2.24. The predicted molar refractivity (Wildman–Crippen MR) is 84.8 cm³/mol. The van der Waals surface area contributed by atoms with Crippen molar-refractivity contribution in [3.05, 3.63) is 62.8 Å². The molecule has 0 saturated heterocycles. The maximum absolute atomic E-state index is 13.9. The number of carbonyl (C=O) groups is 1. The maximum atomic E-state index is 13.9. The maximum Gasteiger partial charge on any atom is 0.358 e. The van der Waals surface area contributed by atoms with Crippen molar-refractivity contribution in [1.29, 1.82) is 0 Å². The molecule has 0 radical (unpaired) electrons. The number of rotatable bonds is 2. The normalized spacial score (nSPS) is 22.4. The summed E-state index contributed by atoms with van der Waals surface area (Å²) < 4.78 is 24.5. The van der Waals surface area contributed by atoms with E-state index in [0.29, 0.717) is 5.56 Å². The highest BCUT2D eigenvalue weighted by Crippen LogP contribution is 2.54. The lowest BCUT2D eigenvalue weighted by atomic mass is 9.86. The number of benzene rings is 2. The number of fused-ring (bicyclic) bond motifs is 1. The van der Waals surface area contributed by atoms with Crippen LogP contribution in [0.15, 0.2) is 40.9 Å². The average molecular weight is 402 g/mol. The Morgan fingerprint density at radius 1 is 1.43 bits per heavy atom. The van der Waals surface area contributed by atoms with Gasteiger partial charge in [-0.3, -0.25) is 0 Å². The Morgan fingerprint density at radius 3 is 2.70 bits per heavy atom. The minimum atomic E-state index is -1.82. The second kappa shape index (κ2) is 5.78. The van der Waals surface area contributed by atoms with Gasteiger partial charge in [0.1, 0.15) is 17.7 Å². The summed E-state index contributed by atoms with van der Waals surface area (Å²) in [6, 6.07) is 9.44. The summed E-state index contributed by atoms with van der Waals surface area (Å²) >= 11 is 9.03. The Labute approximate surface area is 144 Å². The van der Waals surface area contributed by atoms with Gasteiger partial charge in [-0.2, -0.15) is 0 Å². The topological polar surface area (TPSA) is 55.8 Å². The van der Waals surface area contributed by atoms with E-state index in [0.717, 1.165) is 6.07 Å². The molecule has 3 rings (SSSR count). The Hall–Kier alpha value is -1.63. The van der Waals surface area contributed by atoms with Gasteiger partial charge in [-0.15, -0.1) is 0 Å². The van der Waals surface area contributed by atoms with Gasteiger partial charge >= 0.3 is 5.97 Å². The van der Waals surface area contributed by atoms with Crippen LogP contribution >= 0.6 is 27.5 Å². The minimum Gasteiger partial charge on any atom is -0.467 e. The van der Waals surface area contributed by atoms with Crippen LogP contribution in [0.2, 0.25) is 5.02 Å². The monoisotopic (exact) mass is 400 g/mol. The van der Waals surface area contributed by atoms with Gasteiger partial charge in [-0.05, 0) is 15.9 Å². The number of carbonyl (C=O) groups excluding carboxylic acids is 1. The molecule has 4 nitrogen and oxygen atoms in total. The smallest absolute Gasteiger partial charge is 0.358 e. The van der Waals surface area contributed by atoms with Gasteiger partial charge in [0, 0.05) is 21.7 Å². The fourth-order valence-electron chi connectivity index (χ4n) is 2.68. The van der Waals surface area contributed by atoms with Crippen LogP contribution in [0.4, 0.5) is 4.39 Å². The van der Waals surface area contributed by atoms with Crippen molar-refractivity contribution in [2.24, 2.45) is 0 Å². The van der Waals surface area contributed by atoms with Crippen molar-refractivity contribution in [3.63, 3.8) is 0 Å². The zero-order valence-electron chi connectivity index (χ0n) is 11.8. The third-order valence-corrected chi connectivity index (χ3v) is 5.20. The standard InChI is InChI=1S/C16H11BrClFO4/c1-22-15(21)16(8-5-3-2-4-6-8)14(20)11-10(23-16)7-9(19)13(18)12(11)17/h2-7,14,20H,1H3. The molecule has 2 aromatic carbocycles. The van der Waals surface area contributed by atoms with Gasteiger partial charge in [-0.25, -0.2) is 9.18 Å². The van der Waals surface area contributed by atoms with Crippen LogP contribution in [0, 0.1) is 5.82 Å². The second-order valence-corrected chi connectivity index (χ2v) is 6.17. The molecule has 23 heavy (non-hydrogen) atoms. The molecule has 7 heteroatoms. The molecule has 1 aliphatic heterocycles. The lowest BCUT2D eigenvalue weighted by molar-refractivity contribution is -0.168. The van der Waals surface area contributed by atoms with E-state index in [1.807, 2.05) is 0 Å². The van der Waals surface area contributed by atoms with E-state index in [2.05, 4.69) is 15.9 Å². The molecule has 0 aliphatic carbocycles. The van der Waals surface area contributed by atoms with Gasteiger partial charge in [0.05, 0.1) is 12.1 Å². The van der Waals surface area contributed by atoms with Gasteiger partial charge in [0.25, 0.3) is 5.60 Å². The molecule has 1 N–H and O–H groups in total. The molecule has 2 aromatic rings. The highest BCUT2D eigenvalue weighted by molar-refractivity contribution is 9.10. The molecule has 0 saturated carbocycles. The molecule has 0 amide bonds. The quantitative estimate of drug-likeness (QED) is 0.615. The van der Waals surface area contributed by atoms with Gasteiger partial charge in [0.2, 0.25) is 0 Å². The lowest BCUT2D eigenvalue weighted by Gasteiger charge is -2.29. The summed E-state index contributed by atoms with van der Waals surface area (Å²) in [5, 5.41) is 10.6. The van der Waals surface area contributed by atoms with E-state index in [9.17, 15) is 14.3 Å². The van der Waals surface area contributed by atoms with Gasteiger partial charge < -0.3 is 14.6 Å². The Bertz CT molecular complexity index is 783. The van der Waals surface area contributed by atoms with Crippen molar-refractivity contribution in [2.75, 3.05) is 7.11 Å². The van der Waals surface area contributed by atoms with Crippen LogP contribution in [0.25, 0.3) is 0 Å². The number of aliphatic hydroxyl groups is 1. The third-order valence-electron chi connectivity index (χ3n) is 3.78. The van der Waals surface area contributed by atoms with E-state index < -0.39 is 23.5 Å². The number of ether oxygens (including phenoxy) is 2. The molecule has 0 spiro atoms. The molecule has 1 heterocycles. The first-order chi connectivity index (χ1) is 10.9. The fraction of sp³-hybridized carbons (Fsp3) is 0.188. The lowest BCUT2D eigenvalue weighted by Crippen LogP contribution is -2.44. The van der Waals surface area contributed by atoms with Crippen molar-refractivity contribution in [1.82, 2.24) is 0 Å². The summed E-state index contributed by atoms with van der Waals surface area (Å²) in [6.45, 7) is 0. The highest BCUT2D eigenvalue weighted by Gasteiger charge is 2.57. The first-order valence-electron chi connectivity index (χ1n) is 6.62. The zero-order valence-corrected chi connectivity index (χ0v) is 14.2. The van der Waals surface area contributed by atoms with Crippen LogP contribution < -0.4 is 4.74 Å². The molecule has 2 atom stereocenters. The van der Waals surface area contributed by atoms with Crippen molar-refractivity contribution >= 4 is 33.5 Å². The van der Waals surface area contributed by atoms with E-state index in [1.165, 1.54) is 7.11 Å². The average Bonchev–Trinajstić information content (AvgIpc) is 2.86.